The largest absolute Gasteiger partial charge is 0.494 e. The van der Waals surface area contributed by atoms with Crippen LogP contribution in [-0.2, 0) is 6.54 Å². The smallest absolute Gasteiger partial charge is 0.252 e. The molecule has 0 radical (unpaired) electrons. The molecule has 1 heterocycles. The van der Waals surface area contributed by atoms with E-state index in [1.807, 2.05) is 30.6 Å². The molecule has 0 aliphatic heterocycles. The maximum atomic E-state index is 12.8. The summed E-state index contributed by atoms with van der Waals surface area (Å²) in [5.74, 6) is 0.899. The third-order valence-electron chi connectivity index (χ3n) is 7.23. The number of hydrogen-bond donors (Lipinski definition) is 1. The second-order valence-corrected chi connectivity index (χ2v) is 10.5. The number of carbonyl (C=O) groups is 1. The molecule has 4 heteroatoms. The highest BCUT2D eigenvalue weighted by molar-refractivity contribution is 5.94. The number of pyridine rings is 1. The summed E-state index contributed by atoms with van der Waals surface area (Å²) in [4.78, 5) is 12.8. The van der Waals surface area contributed by atoms with E-state index in [0.29, 0.717) is 5.56 Å². The molecule has 37 heavy (non-hydrogen) atoms. The standard InChI is InChI=1S/C33H52N2O2/c1-5-8-9-10-11-12-13-14-15-16-17-18-26-37-30-19-20-31(28(4)27-30)32(7-3)34-33(36)29-21-24-35(23-6-2)25-22-29/h19-22,24-25,27,32H,5-18,23,26H2,1-4H3/p+1. The first-order valence-corrected chi connectivity index (χ1v) is 15.1. The monoisotopic (exact) mass is 509 g/mol. The first kappa shape index (κ1) is 30.9. The van der Waals surface area contributed by atoms with Gasteiger partial charge < -0.3 is 10.1 Å². The van der Waals surface area contributed by atoms with Crippen LogP contribution in [0.25, 0.3) is 0 Å². The highest BCUT2D eigenvalue weighted by Crippen LogP contribution is 2.25. The van der Waals surface area contributed by atoms with E-state index in [1.54, 1.807) is 0 Å². The Morgan fingerprint density at radius 1 is 0.811 bits per heavy atom. The van der Waals surface area contributed by atoms with Gasteiger partial charge in [-0.25, -0.2) is 4.57 Å². The number of benzene rings is 1. The zero-order valence-corrected chi connectivity index (χ0v) is 24.2. The number of ether oxygens (including phenoxy) is 1. The molecule has 0 saturated carbocycles. The lowest BCUT2D eigenvalue weighted by Gasteiger charge is -2.20. The fourth-order valence-corrected chi connectivity index (χ4v) is 4.92. The summed E-state index contributed by atoms with van der Waals surface area (Å²) in [6, 6.07) is 10.1. The lowest BCUT2D eigenvalue weighted by atomic mass is 9.98. The van der Waals surface area contributed by atoms with Crippen LogP contribution in [0.15, 0.2) is 42.7 Å². The van der Waals surface area contributed by atoms with Crippen LogP contribution in [0.3, 0.4) is 0 Å². The number of aromatic nitrogens is 1. The second-order valence-electron chi connectivity index (χ2n) is 10.5. The molecule has 1 unspecified atom stereocenters. The van der Waals surface area contributed by atoms with Gasteiger partial charge in [-0.05, 0) is 43.0 Å². The maximum Gasteiger partial charge on any atom is 0.252 e. The topological polar surface area (TPSA) is 42.2 Å². The van der Waals surface area contributed by atoms with Crippen LogP contribution in [0.1, 0.15) is 138 Å². The zero-order chi connectivity index (χ0) is 26.7. The average Bonchev–Trinajstić information content (AvgIpc) is 2.91. The Balaban J connectivity index is 1.67. The van der Waals surface area contributed by atoms with E-state index in [-0.39, 0.29) is 11.9 Å². The number of hydrogen-bond acceptors (Lipinski definition) is 2. The zero-order valence-electron chi connectivity index (χ0n) is 24.2. The Morgan fingerprint density at radius 2 is 1.41 bits per heavy atom. The minimum atomic E-state index is -0.0257. The van der Waals surface area contributed by atoms with Crippen LogP contribution in [0.2, 0.25) is 0 Å². The van der Waals surface area contributed by atoms with Gasteiger partial charge in [-0.1, -0.05) is 97.5 Å². The predicted octanol–water partition coefficient (Wildman–Crippen LogP) is 8.65. The molecule has 2 aromatic rings. The van der Waals surface area contributed by atoms with Crippen LogP contribution in [0.5, 0.6) is 5.75 Å². The van der Waals surface area contributed by atoms with Crippen molar-refractivity contribution in [1.82, 2.24) is 5.32 Å². The van der Waals surface area contributed by atoms with Crippen molar-refractivity contribution < 1.29 is 14.1 Å². The third-order valence-corrected chi connectivity index (χ3v) is 7.23. The Bertz CT molecular complexity index is 878. The number of aryl methyl sites for hydroxylation is 2. The SMILES string of the molecule is CCCCCCCCCCCCCCOc1ccc(C(CC)NC(=O)c2cc[n+](CCC)cc2)c(C)c1. The molecule has 0 saturated heterocycles. The summed E-state index contributed by atoms with van der Waals surface area (Å²) < 4.78 is 8.14. The van der Waals surface area contributed by atoms with Crippen molar-refractivity contribution in [2.24, 2.45) is 0 Å². The van der Waals surface area contributed by atoms with Gasteiger partial charge >= 0.3 is 0 Å². The van der Waals surface area contributed by atoms with Crippen molar-refractivity contribution in [1.29, 1.82) is 0 Å². The van der Waals surface area contributed by atoms with Crippen molar-refractivity contribution >= 4 is 5.91 Å². The van der Waals surface area contributed by atoms with Gasteiger partial charge in [0.25, 0.3) is 5.91 Å². The lowest BCUT2D eigenvalue weighted by Crippen LogP contribution is -2.34. The van der Waals surface area contributed by atoms with E-state index in [9.17, 15) is 4.79 Å². The molecule has 1 atom stereocenters. The Kier molecular flexibility index (Phi) is 15.7. The van der Waals surface area contributed by atoms with Crippen molar-refractivity contribution in [3.8, 4) is 5.75 Å². The number of nitrogens with zero attached hydrogens (tertiary/aromatic N) is 1. The molecular formula is C33H53N2O2+. The summed E-state index contributed by atoms with van der Waals surface area (Å²) in [6.45, 7) is 10.4. The summed E-state index contributed by atoms with van der Waals surface area (Å²) in [7, 11) is 0. The fraction of sp³-hybridized carbons (Fsp3) is 0.636. The second kappa shape index (κ2) is 18.8. The van der Waals surface area contributed by atoms with Gasteiger partial charge in [0.2, 0.25) is 0 Å². The molecule has 4 nitrogen and oxygen atoms in total. The molecule has 1 aromatic heterocycles. The lowest BCUT2D eigenvalue weighted by molar-refractivity contribution is -0.697. The fourth-order valence-electron chi connectivity index (χ4n) is 4.92. The molecule has 206 valence electrons. The van der Waals surface area contributed by atoms with Crippen molar-refractivity contribution in [3.63, 3.8) is 0 Å². The number of nitrogens with one attached hydrogen (secondary N) is 1. The molecule has 0 spiro atoms. The number of amides is 1. The van der Waals surface area contributed by atoms with Gasteiger partial charge in [0, 0.05) is 18.6 Å². The summed E-state index contributed by atoms with van der Waals surface area (Å²) >= 11 is 0. The average molecular weight is 510 g/mol. The van der Waals surface area contributed by atoms with E-state index >= 15 is 0 Å². The molecule has 0 fully saturated rings. The van der Waals surface area contributed by atoms with E-state index in [4.69, 9.17) is 4.74 Å². The molecule has 1 aromatic carbocycles. The quantitative estimate of drug-likeness (QED) is 0.143. The van der Waals surface area contributed by atoms with Gasteiger partial charge in [-0.3, -0.25) is 4.79 Å². The van der Waals surface area contributed by atoms with Crippen molar-refractivity contribution in [3.05, 3.63) is 59.4 Å². The first-order valence-electron chi connectivity index (χ1n) is 15.1. The molecule has 1 amide bonds. The van der Waals surface area contributed by atoms with Crippen LogP contribution < -0.4 is 14.6 Å². The number of rotatable bonds is 20. The highest BCUT2D eigenvalue weighted by atomic mass is 16.5. The normalized spacial score (nSPS) is 11.9. The Hall–Kier alpha value is -2.36. The summed E-state index contributed by atoms with van der Waals surface area (Å²) in [5, 5.41) is 3.22. The van der Waals surface area contributed by atoms with Gasteiger partial charge in [0.15, 0.2) is 12.4 Å². The number of unbranched alkanes of at least 4 members (excludes halogenated alkanes) is 11. The number of carbonyl (C=O) groups excluding carboxylic acids is 1. The van der Waals surface area contributed by atoms with Gasteiger partial charge in [0.1, 0.15) is 12.3 Å². The minimum absolute atomic E-state index is 0.0131. The van der Waals surface area contributed by atoms with Gasteiger partial charge in [-0.2, -0.15) is 0 Å². The molecule has 0 aliphatic carbocycles. The first-order chi connectivity index (χ1) is 18.1. The van der Waals surface area contributed by atoms with E-state index in [2.05, 4.69) is 49.7 Å². The van der Waals surface area contributed by atoms with Crippen LogP contribution in [-0.4, -0.2) is 12.5 Å². The molecule has 2 rings (SSSR count). The molecular weight excluding hydrogens is 456 g/mol. The maximum absolute atomic E-state index is 12.8. The van der Waals surface area contributed by atoms with Crippen LogP contribution in [0.4, 0.5) is 0 Å². The van der Waals surface area contributed by atoms with Gasteiger partial charge in [-0.15, -0.1) is 0 Å². The third kappa shape index (κ3) is 12.2. The Morgan fingerprint density at radius 3 is 1.95 bits per heavy atom. The molecule has 1 N–H and O–H groups in total. The minimum Gasteiger partial charge on any atom is -0.494 e. The van der Waals surface area contributed by atoms with Crippen molar-refractivity contribution in [2.75, 3.05) is 6.61 Å². The summed E-state index contributed by atoms with van der Waals surface area (Å²) in [6.07, 6.45) is 22.1. The molecule has 0 bridgehead atoms. The van der Waals surface area contributed by atoms with E-state index < -0.39 is 0 Å². The highest BCUT2D eigenvalue weighted by Gasteiger charge is 2.17. The van der Waals surface area contributed by atoms with Gasteiger partial charge in [0.05, 0.1) is 18.2 Å². The van der Waals surface area contributed by atoms with E-state index in [0.717, 1.165) is 49.3 Å². The van der Waals surface area contributed by atoms with Crippen LogP contribution >= 0.6 is 0 Å². The molecule has 0 aliphatic rings. The predicted molar refractivity (Wildman–Crippen MR) is 155 cm³/mol. The van der Waals surface area contributed by atoms with Crippen LogP contribution in [0, 0.1) is 6.92 Å². The van der Waals surface area contributed by atoms with E-state index in [1.165, 1.54) is 70.6 Å². The summed E-state index contributed by atoms with van der Waals surface area (Å²) in [5.41, 5.74) is 3.02. The Labute approximate surface area is 227 Å². The van der Waals surface area contributed by atoms with Crippen molar-refractivity contribution in [2.45, 2.75) is 130 Å².